The van der Waals surface area contributed by atoms with Crippen molar-refractivity contribution in [3.8, 4) is 11.3 Å². The van der Waals surface area contributed by atoms with Gasteiger partial charge in [0.15, 0.2) is 5.65 Å². The Balaban J connectivity index is 1.14. The fourth-order valence-corrected chi connectivity index (χ4v) is 8.11. The quantitative estimate of drug-likeness (QED) is 0.138. The molecule has 0 spiro atoms. The van der Waals surface area contributed by atoms with Crippen molar-refractivity contribution in [2.24, 2.45) is 11.3 Å². The number of piperidine rings is 1. The monoisotopic (exact) mass is 748 g/mol. The summed E-state index contributed by atoms with van der Waals surface area (Å²) in [4.78, 5) is 51.1. The van der Waals surface area contributed by atoms with Gasteiger partial charge in [0.2, 0.25) is 5.95 Å². The number of rotatable bonds is 13. The third-order valence-corrected chi connectivity index (χ3v) is 10.8. The number of anilines is 2. The zero-order chi connectivity index (χ0) is 38.0. The SMILES string of the molecule is CCOC(=O)C1CCCN(Cc2ccc(C(=O)Nc3nc4nc(-c5cnc(C6CC6)c(C(F)(F)F)c5)cc(N(C)CC5(COC)CCCC5)c4[nH]3)nc2)C1. The molecule has 1 unspecified atom stereocenters. The topological polar surface area (TPSA) is 138 Å². The molecule has 4 aromatic rings. The highest BCUT2D eigenvalue weighted by Crippen LogP contribution is 2.46. The van der Waals surface area contributed by atoms with Crippen LogP contribution in [0.3, 0.4) is 0 Å². The number of nitrogens with one attached hydrogen (secondary N) is 2. The zero-order valence-corrected chi connectivity index (χ0v) is 31.0. The van der Waals surface area contributed by atoms with Gasteiger partial charge >= 0.3 is 12.1 Å². The molecule has 2 N–H and O–H groups in total. The molecule has 54 heavy (non-hydrogen) atoms. The average molecular weight is 749 g/mol. The first kappa shape index (κ1) is 37.7. The summed E-state index contributed by atoms with van der Waals surface area (Å²) in [6.07, 6.45) is 5.82. The number of aromatic amines is 1. The molecule has 1 saturated heterocycles. The largest absolute Gasteiger partial charge is 0.466 e. The van der Waals surface area contributed by atoms with Crippen LogP contribution in [-0.4, -0.2) is 88.7 Å². The number of nitrogens with zero attached hydrogens (tertiary/aromatic N) is 6. The zero-order valence-electron chi connectivity index (χ0n) is 31.0. The Kier molecular flexibility index (Phi) is 10.9. The number of pyridine rings is 3. The molecule has 1 amide bonds. The first-order chi connectivity index (χ1) is 25.9. The van der Waals surface area contributed by atoms with Crippen LogP contribution in [0.5, 0.6) is 0 Å². The van der Waals surface area contributed by atoms with Gasteiger partial charge in [-0.05, 0) is 75.8 Å². The third-order valence-electron chi connectivity index (χ3n) is 10.8. The van der Waals surface area contributed by atoms with Crippen molar-refractivity contribution in [3.63, 3.8) is 0 Å². The molecule has 0 aromatic carbocycles. The second kappa shape index (κ2) is 15.6. The fraction of sp³-hybridized carbons (Fsp3) is 0.538. The molecule has 2 saturated carbocycles. The van der Waals surface area contributed by atoms with Crippen LogP contribution in [0.15, 0.2) is 36.7 Å². The Morgan fingerprint density at radius 3 is 2.56 bits per heavy atom. The number of fused-ring (bicyclic) bond motifs is 1. The normalized spacial score (nSPS) is 18.9. The van der Waals surface area contributed by atoms with Crippen LogP contribution in [0.4, 0.5) is 24.8 Å². The third kappa shape index (κ3) is 8.36. The Morgan fingerprint density at radius 1 is 1.07 bits per heavy atom. The van der Waals surface area contributed by atoms with E-state index in [9.17, 15) is 22.8 Å². The lowest BCUT2D eigenvalue weighted by Crippen LogP contribution is -2.38. The van der Waals surface area contributed by atoms with Crippen LogP contribution in [-0.2, 0) is 27.0 Å². The number of alkyl halides is 3. The first-order valence-corrected chi connectivity index (χ1v) is 18.8. The minimum atomic E-state index is -4.56. The van der Waals surface area contributed by atoms with E-state index in [1.807, 2.05) is 13.1 Å². The van der Waals surface area contributed by atoms with Crippen LogP contribution in [0.2, 0.25) is 0 Å². The van der Waals surface area contributed by atoms with Crippen molar-refractivity contribution in [2.75, 3.05) is 57.2 Å². The van der Waals surface area contributed by atoms with Crippen molar-refractivity contribution in [1.29, 1.82) is 0 Å². The summed E-state index contributed by atoms with van der Waals surface area (Å²) in [6, 6.07) is 6.37. The molecule has 0 bridgehead atoms. The summed E-state index contributed by atoms with van der Waals surface area (Å²) < 4.78 is 53.6. The summed E-state index contributed by atoms with van der Waals surface area (Å²) in [5.41, 5.74) is 2.31. The van der Waals surface area contributed by atoms with Gasteiger partial charge in [-0.15, -0.1) is 0 Å². The lowest BCUT2D eigenvalue weighted by Gasteiger charge is -2.34. The van der Waals surface area contributed by atoms with Gasteiger partial charge in [0.1, 0.15) is 11.2 Å². The van der Waals surface area contributed by atoms with E-state index in [1.54, 1.807) is 32.4 Å². The molecule has 0 radical (unpaired) electrons. The Morgan fingerprint density at radius 2 is 1.87 bits per heavy atom. The van der Waals surface area contributed by atoms with Gasteiger partial charge in [0, 0.05) is 63.1 Å². The lowest BCUT2D eigenvalue weighted by atomic mass is 9.86. The van der Waals surface area contributed by atoms with E-state index in [2.05, 4.69) is 40.0 Å². The van der Waals surface area contributed by atoms with Gasteiger partial charge in [-0.25, -0.2) is 4.98 Å². The molecule has 7 rings (SSSR count). The van der Waals surface area contributed by atoms with Crippen molar-refractivity contribution < 1.29 is 32.2 Å². The molecular formula is C39H47F3N8O4. The van der Waals surface area contributed by atoms with E-state index in [4.69, 9.17) is 9.47 Å². The maximum absolute atomic E-state index is 14.2. The highest BCUT2D eigenvalue weighted by molar-refractivity contribution is 6.03. The molecule has 288 valence electrons. The van der Waals surface area contributed by atoms with E-state index in [0.717, 1.165) is 56.7 Å². The highest BCUT2D eigenvalue weighted by atomic mass is 19.4. The van der Waals surface area contributed by atoms with E-state index in [0.29, 0.717) is 62.6 Å². The molecule has 1 atom stereocenters. The summed E-state index contributed by atoms with van der Waals surface area (Å²) >= 11 is 0. The van der Waals surface area contributed by atoms with E-state index >= 15 is 0 Å². The molecule has 4 aromatic heterocycles. The maximum atomic E-state index is 14.2. The highest BCUT2D eigenvalue weighted by Gasteiger charge is 2.40. The van der Waals surface area contributed by atoms with Crippen molar-refractivity contribution in [3.05, 3.63) is 59.2 Å². The minimum Gasteiger partial charge on any atom is -0.466 e. The number of methoxy groups -OCH3 is 1. The standard InChI is InChI=1S/C39H47F3N8O4/c1-4-54-36(52)26-8-7-15-50(21-26)20-24-9-12-29(43-18-24)35(51)48-37-46-33-31(49(2)22-38(23-53-3)13-5-6-14-38)17-30(45-34(33)47-37)27-16-28(39(40,41)42)32(44-19-27)25-10-11-25/h9,12,16-19,25-26H,4-8,10-11,13-15,20-23H2,1-3H3,(H2,45,46,47,48,51). The number of hydrogen-bond donors (Lipinski definition) is 2. The summed E-state index contributed by atoms with van der Waals surface area (Å²) in [7, 11) is 3.64. The van der Waals surface area contributed by atoms with Gasteiger partial charge in [-0.3, -0.25) is 29.8 Å². The van der Waals surface area contributed by atoms with Crippen LogP contribution in [0.25, 0.3) is 22.4 Å². The van der Waals surface area contributed by atoms with E-state index < -0.39 is 17.6 Å². The molecule has 3 fully saturated rings. The number of halogens is 3. The molecule has 3 aliphatic rings. The predicted octanol–water partition coefficient (Wildman–Crippen LogP) is 6.98. The van der Waals surface area contributed by atoms with Crippen molar-refractivity contribution in [1.82, 2.24) is 29.8 Å². The molecular weight excluding hydrogens is 701 g/mol. The number of carbonyl (C=O) groups excluding carboxylic acids is 2. The molecule has 15 heteroatoms. The predicted molar refractivity (Wildman–Crippen MR) is 197 cm³/mol. The number of likely N-dealkylation sites (tertiary alicyclic amines) is 1. The number of aromatic nitrogens is 5. The number of carbonyl (C=O) groups is 2. The van der Waals surface area contributed by atoms with Crippen molar-refractivity contribution in [2.45, 2.75) is 76.9 Å². The number of H-pyrrole nitrogens is 1. The Hall–Kier alpha value is -4.63. The molecule has 2 aliphatic carbocycles. The molecule has 12 nitrogen and oxygen atoms in total. The second-order valence-corrected chi connectivity index (χ2v) is 15.1. The lowest BCUT2D eigenvalue weighted by molar-refractivity contribution is -0.150. The number of ether oxygens (including phenoxy) is 2. The molecule has 5 heterocycles. The summed E-state index contributed by atoms with van der Waals surface area (Å²) in [5, 5.41) is 2.79. The maximum Gasteiger partial charge on any atom is 0.418 e. The van der Waals surface area contributed by atoms with Gasteiger partial charge in [-0.1, -0.05) is 18.9 Å². The van der Waals surface area contributed by atoms with Gasteiger partial charge in [0.05, 0.1) is 41.8 Å². The van der Waals surface area contributed by atoms with Crippen molar-refractivity contribution >= 4 is 34.7 Å². The van der Waals surface area contributed by atoms with Crippen LogP contribution in [0, 0.1) is 11.3 Å². The van der Waals surface area contributed by atoms with Crippen LogP contribution in [0.1, 0.15) is 91.5 Å². The van der Waals surface area contributed by atoms with Gasteiger partial charge in [0.25, 0.3) is 5.91 Å². The average Bonchev–Trinajstić information content (AvgIpc) is 3.77. The van der Waals surface area contributed by atoms with E-state index in [-0.39, 0.29) is 51.8 Å². The number of esters is 1. The molecule has 1 aliphatic heterocycles. The minimum absolute atomic E-state index is 0.0768. The van der Waals surface area contributed by atoms with E-state index in [1.165, 1.54) is 6.20 Å². The number of imidazole rings is 1. The van der Waals surface area contributed by atoms with Gasteiger partial charge in [-0.2, -0.15) is 18.2 Å². The summed E-state index contributed by atoms with van der Waals surface area (Å²) in [6.45, 7) is 5.46. The first-order valence-electron chi connectivity index (χ1n) is 18.8. The van der Waals surface area contributed by atoms with Crippen LogP contribution < -0.4 is 10.2 Å². The Labute approximate surface area is 312 Å². The number of hydrogen-bond acceptors (Lipinski definition) is 10. The van der Waals surface area contributed by atoms with Crippen LogP contribution >= 0.6 is 0 Å². The van der Waals surface area contributed by atoms with Gasteiger partial charge < -0.3 is 19.4 Å². The Bertz CT molecular complexity index is 1970. The summed E-state index contributed by atoms with van der Waals surface area (Å²) in [5.74, 6) is -0.857. The second-order valence-electron chi connectivity index (χ2n) is 15.1. The fourth-order valence-electron chi connectivity index (χ4n) is 8.11. The number of amides is 1. The smallest absolute Gasteiger partial charge is 0.418 e.